The summed E-state index contributed by atoms with van der Waals surface area (Å²) in [5.74, 6) is -0.291. The van der Waals surface area contributed by atoms with E-state index in [9.17, 15) is 9.59 Å². The van der Waals surface area contributed by atoms with Crippen LogP contribution in [-0.4, -0.2) is 31.1 Å². The average Bonchev–Trinajstić information content (AvgIpc) is 2.59. The molecule has 0 saturated heterocycles. The predicted octanol–water partition coefficient (Wildman–Crippen LogP) is 2.12. The van der Waals surface area contributed by atoms with E-state index in [0.717, 1.165) is 11.3 Å². The molecule has 2 aromatic rings. The van der Waals surface area contributed by atoms with Gasteiger partial charge in [0.1, 0.15) is 11.3 Å². The summed E-state index contributed by atoms with van der Waals surface area (Å²) >= 11 is 0. The van der Waals surface area contributed by atoms with Gasteiger partial charge in [0.25, 0.3) is 5.91 Å². The van der Waals surface area contributed by atoms with Crippen LogP contribution in [0.25, 0.3) is 0 Å². The summed E-state index contributed by atoms with van der Waals surface area (Å²) in [4.78, 5) is 27.9. The maximum Gasteiger partial charge on any atom is 0.341 e. The number of pyridine rings is 1. The van der Waals surface area contributed by atoms with Gasteiger partial charge in [-0.2, -0.15) is 0 Å². The van der Waals surface area contributed by atoms with Crippen LogP contribution in [0.3, 0.4) is 0 Å². The lowest BCUT2D eigenvalue weighted by Crippen LogP contribution is -2.23. The molecule has 0 aliphatic carbocycles. The first-order valence-corrected chi connectivity index (χ1v) is 7.01. The lowest BCUT2D eigenvalue weighted by Gasteiger charge is -2.10. The fourth-order valence-corrected chi connectivity index (χ4v) is 2.02. The first-order valence-electron chi connectivity index (χ1n) is 7.01. The Morgan fingerprint density at radius 1 is 1.17 bits per heavy atom. The molecule has 0 aliphatic heterocycles. The Morgan fingerprint density at radius 2 is 1.96 bits per heavy atom. The number of ether oxygens (including phenoxy) is 2. The van der Waals surface area contributed by atoms with Crippen LogP contribution >= 0.6 is 0 Å². The van der Waals surface area contributed by atoms with Crippen molar-refractivity contribution >= 4 is 11.9 Å². The fraction of sp³-hybridized carbons (Fsp3) is 0.235. The Kier molecular flexibility index (Phi) is 5.30. The van der Waals surface area contributed by atoms with E-state index < -0.39 is 5.97 Å². The molecule has 0 radical (unpaired) electrons. The summed E-state index contributed by atoms with van der Waals surface area (Å²) in [6, 6.07) is 8.57. The summed E-state index contributed by atoms with van der Waals surface area (Å²) in [5.41, 5.74) is 2.41. The third kappa shape index (κ3) is 4.06. The van der Waals surface area contributed by atoms with Gasteiger partial charge in [0, 0.05) is 18.4 Å². The second-order valence-corrected chi connectivity index (χ2v) is 4.90. The zero-order chi connectivity index (χ0) is 16.8. The number of benzene rings is 1. The lowest BCUT2D eigenvalue weighted by molar-refractivity contribution is 0.0597. The molecule has 1 aromatic heterocycles. The van der Waals surface area contributed by atoms with Crippen molar-refractivity contribution in [2.24, 2.45) is 0 Å². The van der Waals surface area contributed by atoms with Gasteiger partial charge in [-0.15, -0.1) is 0 Å². The summed E-state index contributed by atoms with van der Waals surface area (Å²) in [5, 5.41) is 2.78. The van der Waals surface area contributed by atoms with Crippen molar-refractivity contribution in [3.63, 3.8) is 0 Å². The molecule has 6 nitrogen and oxygen atoms in total. The minimum atomic E-state index is -0.488. The van der Waals surface area contributed by atoms with Crippen molar-refractivity contribution in [2.75, 3.05) is 14.2 Å². The van der Waals surface area contributed by atoms with Crippen LogP contribution in [0.2, 0.25) is 0 Å². The van der Waals surface area contributed by atoms with Gasteiger partial charge in [0.15, 0.2) is 0 Å². The van der Waals surface area contributed by atoms with Crippen LogP contribution in [0.15, 0.2) is 36.5 Å². The van der Waals surface area contributed by atoms with Gasteiger partial charge < -0.3 is 14.8 Å². The molecule has 1 N–H and O–H groups in total. The highest BCUT2D eigenvalue weighted by Gasteiger charge is 2.14. The Hall–Kier alpha value is -2.89. The van der Waals surface area contributed by atoms with Crippen LogP contribution < -0.4 is 10.1 Å². The highest BCUT2D eigenvalue weighted by atomic mass is 16.5. The summed E-state index contributed by atoms with van der Waals surface area (Å²) in [7, 11) is 2.79. The molecule has 0 aliphatic rings. The Morgan fingerprint density at radius 3 is 2.57 bits per heavy atom. The van der Waals surface area contributed by atoms with Crippen LogP contribution in [-0.2, 0) is 11.3 Å². The number of hydrogen-bond acceptors (Lipinski definition) is 5. The summed E-state index contributed by atoms with van der Waals surface area (Å²) < 4.78 is 9.86. The average molecular weight is 314 g/mol. The molecule has 1 heterocycles. The molecule has 1 aromatic carbocycles. The lowest BCUT2D eigenvalue weighted by atomic mass is 10.1. The molecule has 0 bridgehead atoms. The SMILES string of the molecule is COC(=O)c1cc(CNC(=O)c2ccc(C)nc2)ccc1OC. The van der Waals surface area contributed by atoms with Crippen molar-refractivity contribution in [3.05, 3.63) is 58.9 Å². The number of nitrogens with one attached hydrogen (secondary N) is 1. The van der Waals surface area contributed by atoms with Crippen LogP contribution in [0.4, 0.5) is 0 Å². The summed E-state index contributed by atoms with van der Waals surface area (Å²) in [6.45, 7) is 2.13. The number of methoxy groups -OCH3 is 2. The van der Waals surface area contributed by atoms with Gasteiger partial charge in [-0.25, -0.2) is 4.79 Å². The molecule has 0 spiro atoms. The molecule has 0 fully saturated rings. The van der Waals surface area contributed by atoms with Gasteiger partial charge >= 0.3 is 5.97 Å². The minimum absolute atomic E-state index is 0.229. The van der Waals surface area contributed by atoms with Gasteiger partial charge in [-0.05, 0) is 36.8 Å². The predicted molar refractivity (Wildman–Crippen MR) is 84.5 cm³/mol. The van der Waals surface area contributed by atoms with E-state index in [2.05, 4.69) is 10.3 Å². The van der Waals surface area contributed by atoms with Gasteiger partial charge in [-0.1, -0.05) is 6.07 Å². The van der Waals surface area contributed by atoms with Crippen molar-refractivity contribution in [1.29, 1.82) is 0 Å². The van der Waals surface area contributed by atoms with Gasteiger partial charge in [0.05, 0.1) is 19.8 Å². The Labute approximate surface area is 134 Å². The standard InChI is InChI=1S/C17H18N2O4/c1-11-4-6-13(10-18-11)16(20)19-9-12-5-7-15(22-2)14(8-12)17(21)23-3/h4-8,10H,9H2,1-3H3,(H,19,20). The smallest absolute Gasteiger partial charge is 0.341 e. The Balaban J connectivity index is 2.09. The fourth-order valence-electron chi connectivity index (χ4n) is 2.02. The first kappa shape index (κ1) is 16.5. The molecule has 0 unspecified atom stereocenters. The minimum Gasteiger partial charge on any atom is -0.496 e. The van der Waals surface area contributed by atoms with Crippen LogP contribution in [0.1, 0.15) is 32.0 Å². The molecule has 6 heteroatoms. The number of carbonyl (C=O) groups is 2. The monoisotopic (exact) mass is 314 g/mol. The van der Waals surface area contributed by atoms with Crippen LogP contribution in [0.5, 0.6) is 5.75 Å². The number of nitrogens with zero attached hydrogens (tertiary/aromatic N) is 1. The largest absolute Gasteiger partial charge is 0.496 e. The molecule has 23 heavy (non-hydrogen) atoms. The zero-order valence-corrected chi connectivity index (χ0v) is 13.3. The van der Waals surface area contributed by atoms with E-state index in [0.29, 0.717) is 16.9 Å². The zero-order valence-electron chi connectivity index (χ0n) is 13.3. The maximum absolute atomic E-state index is 12.1. The normalized spacial score (nSPS) is 10.0. The van der Waals surface area contributed by atoms with Gasteiger partial charge in [0.2, 0.25) is 0 Å². The van der Waals surface area contributed by atoms with Crippen molar-refractivity contribution in [3.8, 4) is 5.75 Å². The van der Waals surface area contributed by atoms with E-state index in [4.69, 9.17) is 9.47 Å². The van der Waals surface area contributed by atoms with E-state index in [1.54, 1.807) is 30.3 Å². The maximum atomic E-state index is 12.1. The van der Waals surface area contributed by atoms with E-state index in [1.807, 2.05) is 6.92 Å². The highest BCUT2D eigenvalue weighted by Crippen LogP contribution is 2.20. The molecular formula is C17H18N2O4. The topological polar surface area (TPSA) is 77.5 Å². The summed E-state index contributed by atoms with van der Waals surface area (Å²) in [6.07, 6.45) is 1.53. The Bertz CT molecular complexity index is 711. The molecule has 1 amide bonds. The van der Waals surface area contributed by atoms with E-state index in [-0.39, 0.29) is 12.5 Å². The number of aryl methyl sites for hydroxylation is 1. The van der Waals surface area contributed by atoms with E-state index >= 15 is 0 Å². The van der Waals surface area contributed by atoms with Crippen molar-refractivity contribution in [1.82, 2.24) is 10.3 Å². The number of carbonyl (C=O) groups excluding carboxylic acids is 2. The third-order valence-corrected chi connectivity index (χ3v) is 3.30. The number of esters is 1. The molecule has 0 atom stereocenters. The molecule has 2 rings (SSSR count). The third-order valence-electron chi connectivity index (χ3n) is 3.30. The van der Waals surface area contributed by atoms with Crippen LogP contribution in [0, 0.1) is 6.92 Å². The molecule has 0 saturated carbocycles. The quantitative estimate of drug-likeness (QED) is 0.855. The number of rotatable bonds is 5. The number of amides is 1. The molecular weight excluding hydrogens is 296 g/mol. The van der Waals surface area contributed by atoms with Gasteiger partial charge in [-0.3, -0.25) is 9.78 Å². The number of hydrogen-bond donors (Lipinski definition) is 1. The molecule has 120 valence electrons. The highest BCUT2D eigenvalue weighted by molar-refractivity contribution is 5.94. The second-order valence-electron chi connectivity index (χ2n) is 4.90. The second kappa shape index (κ2) is 7.40. The van der Waals surface area contributed by atoms with E-state index in [1.165, 1.54) is 20.4 Å². The van der Waals surface area contributed by atoms with Crippen molar-refractivity contribution < 1.29 is 19.1 Å². The number of aromatic nitrogens is 1. The van der Waals surface area contributed by atoms with Crippen molar-refractivity contribution in [2.45, 2.75) is 13.5 Å². The first-order chi connectivity index (χ1) is 11.0.